The monoisotopic (exact) mass is 460 g/mol. The molecule has 10 nitrogen and oxygen atoms in total. The molecule has 0 aliphatic heterocycles. The SMILES string of the molecule is CCCCCCCOc1ccc(NC(=S)NC(=O)c2cc([N+](=O)[O-])cc([N+](=O)[O-])c2)cc1. The van der Waals surface area contributed by atoms with Crippen molar-refractivity contribution in [2.75, 3.05) is 11.9 Å². The molecule has 170 valence electrons. The number of amides is 1. The van der Waals surface area contributed by atoms with Crippen molar-refractivity contribution in [2.24, 2.45) is 0 Å². The minimum absolute atomic E-state index is 0.0613. The van der Waals surface area contributed by atoms with Gasteiger partial charge in [-0.05, 0) is 42.9 Å². The van der Waals surface area contributed by atoms with Crippen LogP contribution in [0.2, 0.25) is 0 Å². The van der Waals surface area contributed by atoms with Gasteiger partial charge in [-0.3, -0.25) is 30.3 Å². The fourth-order valence-corrected chi connectivity index (χ4v) is 3.02. The number of non-ortho nitro benzene ring substituents is 2. The third-order valence-corrected chi connectivity index (χ3v) is 4.65. The van der Waals surface area contributed by atoms with Crippen LogP contribution in [0.15, 0.2) is 42.5 Å². The summed E-state index contributed by atoms with van der Waals surface area (Å²) in [5, 5.41) is 27.0. The van der Waals surface area contributed by atoms with E-state index in [4.69, 9.17) is 17.0 Å². The van der Waals surface area contributed by atoms with Crippen LogP contribution in [-0.4, -0.2) is 27.5 Å². The first-order valence-corrected chi connectivity index (χ1v) is 10.5. The van der Waals surface area contributed by atoms with E-state index >= 15 is 0 Å². The average molecular weight is 461 g/mol. The lowest BCUT2D eigenvalue weighted by molar-refractivity contribution is -0.394. The molecule has 2 N–H and O–H groups in total. The quantitative estimate of drug-likeness (QED) is 0.207. The van der Waals surface area contributed by atoms with Crippen molar-refractivity contribution in [2.45, 2.75) is 39.0 Å². The predicted octanol–water partition coefficient (Wildman–Crippen LogP) is 4.98. The Kier molecular flexibility index (Phi) is 9.48. The number of thiocarbonyl (C=S) groups is 1. The number of nitrogens with one attached hydrogen (secondary N) is 2. The van der Waals surface area contributed by atoms with E-state index in [2.05, 4.69) is 17.6 Å². The molecule has 2 rings (SSSR count). The molecule has 0 atom stereocenters. The number of hydrogen-bond acceptors (Lipinski definition) is 7. The van der Waals surface area contributed by atoms with E-state index in [-0.39, 0.29) is 10.7 Å². The molecule has 0 bridgehead atoms. The fraction of sp³-hybridized carbons (Fsp3) is 0.333. The van der Waals surface area contributed by atoms with E-state index in [0.29, 0.717) is 18.0 Å². The highest BCUT2D eigenvalue weighted by Gasteiger charge is 2.20. The Morgan fingerprint density at radius 3 is 2.12 bits per heavy atom. The molecule has 2 aromatic rings. The number of carbonyl (C=O) groups excluding carboxylic acids is 1. The van der Waals surface area contributed by atoms with Gasteiger partial charge < -0.3 is 10.1 Å². The number of unbranched alkanes of at least 4 members (excludes halogenated alkanes) is 4. The molecule has 32 heavy (non-hydrogen) atoms. The van der Waals surface area contributed by atoms with Gasteiger partial charge >= 0.3 is 0 Å². The zero-order valence-electron chi connectivity index (χ0n) is 17.5. The first-order chi connectivity index (χ1) is 15.3. The fourth-order valence-electron chi connectivity index (χ4n) is 2.80. The number of rotatable bonds is 11. The second kappa shape index (κ2) is 12.3. The van der Waals surface area contributed by atoms with Crippen LogP contribution in [0.3, 0.4) is 0 Å². The third kappa shape index (κ3) is 7.91. The predicted molar refractivity (Wildman–Crippen MR) is 124 cm³/mol. The van der Waals surface area contributed by atoms with Crippen molar-refractivity contribution in [1.29, 1.82) is 0 Å². The molecule has 0 heterocycles. The summed E-state index contributed by atoms with van der Waals surface area (Å²) >= 11 is 5.09. The molecule has 2 aromatic carbocycles. The van der Waals surface area contributed by atoms with Gasteiger partial charge in [0, 0.05) is 17.8 Å². The zero-order chi connectivity index (χ0) is 23.5. The summed E-state index contributed by atoms with van der Waals surface area (Å²) in [5.74, 6) is -0.0952. The second-order valence-corrected chi connectivity index (χ2v) is 7.36. The standard InChI is InChI=1S/C21H24N4O6S/c1-2-3-4-5-6-11-31-19-9-7-16(8-10-19)22-21(32)23-20(26)15-12-17(24(27)28)14-18(13-15)25(29)30/h7-10,12-14H,2-6,11H2,1H3,(H2,22,23,26,32). The number of benzene rings is 2. The van der Waals surface area contributed by atoms with Crippen molar-refractivity contribution >= 4 is 40.3 Å². The van der Waals surface area contributed by atoms with Gasteiger partial charge in [0.05, 0.1) is 28.1 Å². The van der Waals surface area contributed by atoms with E-state index in [0.717, 1.165) is 31.0 Å². The molecule has 0 fully saturated rings. The van der Waals surface area contributed by atoms with E-state index in [9.17, 15) is 25.0 Å². The Labute approximate surface area is 190 Å². The number of ether oxygens (including phenoxy) is 1. The lowest BCUT2D eigenvalue weighted by Gasteiger charge is -2.11. The number of nitrogens with zero attached hydrogens (tertiary/aromatic N) is 2. The summed E-state index contributed by atoms with van der Waals surface area (Å²) in [4.78, 5) is 32.7. The zero-order valence-corrected chi connectivity index (χ0v) is 18.4. The molecule has 0 unspecified atom stereocenters. The normalized spacial score (nSPS) is 10.3. The molecule has 0 aromatic heterocycles. The van der Waals surface area contributed by atoms with Crippen LogP contribution in [0.1, 0.15) is 49.4 Å². The van der Waals surface area contributed by atoms with Crippen LogP contribution in [0.25, 0.3) is 0 Å². The largest absolute Gasteiger partial charge is 0.494 e. The van der Waals surface area contributed by atoms with Crippen molar-refractivity contribution in [3.05, 3.63) is 68.3 Å². The maximum absolute atomic E-state index is 12.4. The van der Waals surface area contributed by atoms with E-state index < -0.39 is 27.1 Å². The number of nitro benzene ring substituents is 2. The van der Waals surface area contributed by atoms with Crippen LogP contribution in [0, 0.1) is 20.2 Å². The Morgan fingerprint density at radius 1 is 0.969 bits per heavy atom. The Bertz CT molecular complexity index is 949. The van der Waals surface area contributed by atoms with Crippen LogP contribution < -0.4 is 15.4 Å². The van der Waals surface area contributed by atoms with Crippen molar-refractivity contribution < 1.29 is 19.4 Å². The average Bonchev–Trinajstić information content (AvgIpc) is 2.76. The van der Waals surface area contributed by atoms with E-state index in [1.165, 1.54) is 19.3 Å². The molecule has 0 aliphatic carbocycles. The van der Waals surface area contributed by atoms with Gasteiger partial charge in [0.15, 0.2) is 5.11 Å². The molecule has 0 saturated heterocycles. The number of carbonyl (C=O) groups is 1. The Balaban J connectivity index is 1.90. The van der Waals surface area contributed by atoms with Gasteiger partial charge in [0.25, 0.3) is 17.3 Å². The maximum Gasteiger partial charge on any atom is 0.277 e. The van der Waals surface area contributed by atoms with Gasteiger partial charge in [-0.1, -0.05) is 32.6 Å². The van der Waals surface area contributed by atoms with Gasteiger partial charge in [-0.2, -0.15) is 0 Å². The van der Waals surface area contributed by atoms with Crippen LogP contribution in [-0.2, 0) is 0 Å². The smallest absolute Gasteiger partial charge is 0.277 e. The highest BCUT2D eigenvalue weighted by Crippen LogP contribution is 2.23. The molecular formula is C21H24N4O6S. The van der Waals surface area contributed by atoms with Crippen LogP contribution in [0.4, 0.5) is 17.1 Å². The lowest BCUT2D eigenvalue weighted by Crippen LogP contribution is -2.34. The van der Waals surface area contributed by atoms with Crippen LogP contribution >= 0.6 is 12.2 Å². The summed E-state index contributed by atoms with van der Waals surface area (Å²) in [7, 11) is 0. The molecule has 0 saturated carbocycles. The van der Waals surface area contributed by atoms with Crippen LogP contribution in [0.5, 0.6) is 5.75 Å². The van der Waals surface area contributed by atoms with Gasteiger partial charge in [-0.15, -0.1) is 0 Å². The Morgan fingerprint density at radius 2 is 1.56 bits per heavy atom. The van der Waals surface area contributed by atoms with E-state index in [1.807, 2.05) is 0 Å². The maximum atomic E-state index is 12.4. The summed E-state index contributed by atoms with van der Waals surface area (Å²) in [6.45, 7) is 2.81. The van der Waals surface area contributed by atoms with Crippen molar-refractivity contribution in [3.63, 3.8) is 0 Å². The second-order valence-electron chi connectivity index (χ2n) is 6.95. The number of anilines is 1. The summed E-state index contributed by atoms with van der Waals surface area (Å²) in [6.07, 6.45) is 5.76. The number of hydrogen-bond donors (Lipinski definition) is 2. The number of nitro groups is 2. The molecule has 0 spiro atoms. The van der Waals surface area contributed by atoms with Crippen molar-refractivity contribution in [3.8, 4) is 5.75 Å². The first-order valence-electron chi connectivity index (χ1n) is 10.1. The summed E-state index contributed by atoms with van der Waals surface area (Å²) in [5.41, 5.74) is -0.790. The molecule has 11 heteroatoms. The minimum Gasteiger partial charge on any atom is -0.494 e. The lowest BCUT2D eigenvalue weighted by atomic mass is 10.1. The topological polar surface area (TPSA) is 137 Å². The minimum atomic E-state index is -0.810. The highest BCUT2D eigenvalue weighted by molar-refractivity contribution is 7.80. The van der Waals surface area contributed by atoms with Gasteiger partial charge in [-0.25, -0.2) is 0 Å². The van der Waals surface area contributed by atoms with Gasteiger partial charge in [0.1, 0.15) is 5.75 Å². The summed E-state index contributed by atoms with van der Waals surface area (Å²) in [6, 6.07) is 9.65. The van der Waals surface area contributed by atoms with E-state index in [1.54, 1.807) is 24.3 Å². The summed E-state index contributed by atoms with van der Waals surface area (Å²) < 4.78 is 5.69. The molecule has 0 radical (unpaired) electrons. The van der Waals surface area contributed by atoms with Crippen molar-refractivity contribution in [1.82, 2.24) is 5.32 Å². The van der Waals surface area contributed by atoms with Gasteiger partial charge in [0.2, 0.25) is 0 Å². The molecule has 0 aliphatic rings. The highest BCUT2D eigenvalue weighted by atomic mass is 32.1. The molecule has 1 amide bonds. The molecular weight excluding hydrogens is 436 g/mol. The first kappa shape index (κ1) is 24.7. The third-order valence-electron chi connectivity index (χ3n) is 4.44. The Hall–Kier alpha value is -3.60.